The predicted molar refractivity (Wildman–Crippen MR) is 59.9 cm³/mol. The van der Waals surface area contributed by atoms with Gasteiger partial charge >= 0.3 is 5.97 Å². The van der Waals surface area contributed by atoms with Crippen molar-refractivity contribution in [1.29, 1.82) is 0 Å². The van der Waals surface area contributed by atoms with E-state index < -0.39 is 40.1 Å². The van der Waals surface area contributed by atoms with Gasteiger partial charge in [0.25, 0.3) is 0 Å². The lowest BCUT2D eigenvalue weighted by Gasteiger charge is -2.19. The Morgan fingerprint density at radius 3 is 2.61 bits per heavy atom. The minimum Gasteiger partial charge on any atom is -0.478 e. The van der Waals surface area contributed by atoms with Crippen LogP contribution in [0, 0.1) is 11.6 Å². The predicted octanol–water partition coefficient (Wildman–Crippen LogP) is 2.01. The number of anilines is 1. The second-order valence-corrected chi connectivity index (χ2v) is 4.49. The van der Waals surface area contributed by atoms with Crippen molar-refractivity contribution < 1.29 is 23.5 Å². The number of nitrogens with zero attached hydrogens (tertiary/aromatic N) is 1. The summed E-state index contributed by atoms with van der Waals surface area (Å²) in [6.45, 7) is -0.0406. The van der Waals surface area contributed by atoms with Crippen LogP contribution in [0.25, 0.3) is 0 Å². The molecule has 18 heavy (non-hydrogen) atoms. The van der Waals surface area contributed by atoms with E-state index in [-0.39, 0.29) is 13.0 Å². The van der Waals surface area contributed by atoms with Crippen LogP contribution in [0.15, 0.2) is 12.1 Å². The number of carbonyl (C=O) groups is 2. The first kappa shape index (κ1) is 12.8. The summed E-state index contributed by atoms with van der Waals surface area (Å²) in [5.41, 5.74) is -1.02. The van der Waals surface area contributed by atoms with E-state index in [9.17, 15) is 18.4 Å². The molecule has 1 N–H and O–H groups in total. The lowest BCUT2D eigenvalue weighted by molar-refractivity contribution is -0.117. The topological polar surface area (TPSA) is 57.6 Å². The van der Waals surface area contributed by atoms with Crippen molar-refractivity contribution in [1.82, 2.24) is 0 Å². The monoisotopic (exact) mass is 275 g/mol. The molecule has 0 spiro atoms. The summed E-state index contributed by atoms with van der Waals surface area (Å²) in [6.07, 6.45) is -0.0312. The lowest BCUT2D eigenvalue weighted by atomic mass is 10.1. The molecule has 1 aromatic rings. The van der Waals surface area contributed by atoms with Crippen molar-refractivity contribution in [3.63, 3.8) is 0 Å². The van der Waals surface area contributed by atoms with Gasteiger partial charge in [0.15, 0.2) is 11.6 Å². The third-order valence-electron chi connectivity index (χ3n) is 2.65. The smallest absolute Gasteiger partial charge is 0.337 e. The van der Waals surface area contributed by atoms with Gasteiger partial charge in [-0.05, 0) is 12.1 Å². The fourth-order valence-electron chi connectivity index (χ4n) is 1.86. The Hall–Kier alpha value is -1.69. The van der Waals surface area contributed by atoms with Gasteiger partial charge in [0, 0.05) is 13.0 Å². The molecule has 1 saturated heterocycles. The van der Waals surface area contributed by atoms with Crippen LogP contribution in [0.2, 0.25) is 0 Å². The van der Waals surface area contributed by atoms with E-state index in [1.165, 1.54) is 0 Å². The van der Waals surface area contributed by atoms with Gasteiger partial charge in [-0.3, -0.25) is 4.79 Å². The molecule has 1 aliphatic rings. The van der Waals surface area contributed by atoms with Gasteiger partial charge in [0.05, 0.1) is 16.6 Å². The molecule has 1 atom stereocenters. The summed E-state index contributed by atoms with van der Waals surface area (Å²) in [5, 5.41) is 8.39. The standard InChI is InChI=1S/C11H8ClF2NO3/c12-5-3-8(16)15(4-5)10-6(11(17)18)1-2-7(13)9(10)14/h1-2,5H,3-4H2,(H,17,18). The number of carbonyl (C=O) groups excluding carboxylic acids is 1. The van der Waals surface area contributed by atoms with Crippen molar-refractivity contribution >= 4 is 29.2 Å². The highest BCUT2D eigenvalue weighted by molar-refractivity contribution is 6.24. The highest BCUT2D eigenvalue weighted by Gasteiger charge is 2.34. The van der Waals surface area contributed by atoms with Crippen LogP contribution in [-0.4, -0.2) is 28.9 Å². The molecule has 1 aliphatic heterocycles. The number of alkyl halides is 1. The largest absolute Gasteiger partial charge is 0.478 e. The number of hydrogen-bond donors (Lipinski definition) is 1. The van der Waals surface area contributed by atoms with Gasteiger partial charge in [-0.1, -0.05) is 0 Å². The van der Waals surface area contributed by atoms with Crippen LogP contribution in [0.5, 0.6) is 0 Å². The van der Waals surface area contributed by atoms with E-state index in [2.05, 4.69) is 0 Å². The normalized spacial score (nSPS) is 19.4. The number of hydrogen-bond acceptors (Lipinski definition) is 2. The Morgan fingerprint density at radius 1 is 1.44 bits per heavy atom. The average molecular weight is 276 g/mol. The van der Waals surface area contributed by atoms with E-state index in [0.29, 0.717) is 6.07 Å². The number of amides is 1. The molecule has 1 heterocycles. The summed E-state index contributed by atoms with van der Waals surface area (Å²) in [7, 11) is 0. The van der Waals surface area contributed by atoms with Crippen molar-refractivity contribution in [3.8, 4) is 0 Å². The molecule has 0 radical (unpaired) electrons. The van der Waals surface area contributed by atoms with Gasteiger partial charge in [-0.2, -0.15) is 0 Å². The maximum atomic E-state index is 13.7. The van der Waals surface area contributed by atoms with Crippen LogP contribution in [0.3, 0.4) is 0 Å². The minimum atomic E-state index is -1.44. The number of rotatable bonds is 2. The molecule has 0 bridgehead atoms. The molecule has 2 rings (SSSR count). The molecule has 0 aromatic heterocycles. The van der Waals surface area contributed by atoms with E-state index in [1.807, 2.05) is 0 Å². The second kappa shape index (κ2) is 4.53. The molecule has 4 nitrogen and oxygen atoms in total. The maximum Gasteiger partial charge on any atom is 0.337 e. The van der Waals surface area contributed by atoms with E-state index in [0.717, 1.165) is 11.0 Å². The fraction of sp³-hybridized carbons (Fsp3) is 0.273. The van der Waals surface area contributed by atoms with Crippen LogP contribution in [0.4, 0.5) is 14.5 Å². The van der Waals surface area contributed by atoms with Crippen LogP contribution in [-0.2, 0) is 4.79 Å². The molecule has 0 saturated carbocycles. The zero-order chi connectivity index (χ0) is 13.4. The zero-order valence-corrected chi connectivity index (χ0v) is 9.75. The lowest BCUT2D eigenvalue weighted by Crippen LogP contribution is -2.28. The Bertz CT molecular complexity index is 535. The molecular formula is C11H8ClF2NO3. The summed E-state index contributed by atoms with van der Waals surface area (Å²) in [6, 6.07) is 1.63. The maximum absolute atomic E-state index is 13.7. The third kappa shape index (κ3) is 2.03. The molecule has 7 heteroatoms. The van der Waals surface area contributed by atoms with Crippen LogP contribution >= 0.6 is 11.6 Å². The number of carboxylic acid groups (broad SMARTS) is 1. The van der Waals surface area contributed by atoms with Gasteiger partial charge in [-0.15, -0.1) is 11.6 Å². The Labute approximate surface area is 106 Å². The Kier molecular flexibility index (Phi) is 3.21. The molecule has 96 valence electrons. The molecule has 1 aromatic carbocycles. The summed E-state index contributed by atoms with van der Waals surface area (Å²) in [4.78, 5) is 23.4. The highest BCUT2D eigenvalue weighted by Crippen LogP contribution is 2.31. The van der Waals surface area contributed by atoms with Gasteiger partial charge < -0.3 is 10.0 Å². The van der Waals surface area contributed by atoms with Crippen LogP contribution < -0.4 is 4.90 Å². The van der Waals surface area contributed by atoms with Crippen molar-refractivity contribution in [2.45, 2.75) is 11.8 Å². The number of carboxylic acids is 1. The van der Waals surface area contributed by atoms with Crippen molar-refractivity contribution in [2.24, 2.45) is 0 Å². The summed E-state index contributed by atoms with van der Waals surface area (Å²) < 4.78 is 26.9. The molecular weight excluding hydrogens is 268 g/mol. The van der Waals surface area contributed by atoms with Crippen LogP contribution in [0.1, 0.15) is 16.8 Å². The first-order valence-corrected chi connectivity index (χ1v) is 5.51. The molecule has 1 fully saturated rings. The van der Waals surface area contributed by atoms with E-state index in [4.69, 9.17) is 16.7 Å². The van der Waals surface area contributed by atoms with E-state index >= 15 is 0 Å². The van der Waals surface area contributed by atoms with Crippen molar-refractivity contribution in [2.75, 3.05) is 11.4 Å². The van der Waals surface area contributed by atoms with Gasteiger partial charge in [0.2, 0.25) is 5.91 Å². The Balaban J connectivity index is 2.58. The fourth-order valence-corrected chi connectivity index (χ4v) is 2.13. The van der Waals surface area contributed by atoms with Gasteiger partial charge in [-0.25, -0.2) is 13.6 Å². The quantitative estimate of drug-likeness (QED) is 0.840. The average Bonchev–Trinajstić information content (AvgIpc) is 2.61. The molecule has 1 amide bonds. The summed E-state index contributed by atoms with van der Waals surface area (Å²) in [5.74, 6) is -4.52. The highest BCUT2D eigenvalue weighted by atomic mass is 35.5. The molecule has 0 aliphatic carbocycles. The minimum absolute atomic E-state index is 0.0312. The first-order valence-electron chi connectivity index (χ1n) is 5.07. The third-order valence-corrected chi connectivity index (χ3v) is 2.94. The number of aromatic carboxylic acids is 1. The Morgan fingerprint density at radius 2 is 2.11 bits per heavy atom. The SMILES string of the molecule is O=C(O)c1ccc(F)c(F)c1N1CC(Cl)CC1=O. The summed E-state index contributed by atoms with van der Waals surface area (Å²) >= 11 is 5.75. The zero-order valence-electron chi connectivity index (χ0n) is 8.99. The molecule has 1 unspecified atom stereocenters. The number of benzene rings is 1. The van der Waals surface area contributed by atoms with Crippen molar-refractivity contribution in [3.05, 3.63) is 29.3 Å². The van der Waals surface area contributed by atoms with Gasteiger partial charge in [0.1, 0.15) is 0 Å². The van der Waals surface area contributed by atoms with E-state index in [1.54, 1.807) is 0 Å². The first-order chi connectivity index (χ1) is 8.41. The second-order valence-electron chi connectivity index (χ2n) is 3.87. The number of halogens is 3.